The molecule has 0 heterocycles. The SMILES string of the molecule is Cc1ccccc1.F. The van der Waals surface area contributed by atoms with Gasteiger partial charge in [-0.2, -0.15) is 0 Å². The van der Waals surface area contributed by atoms with Gasteiger partial charge in [-0.1, -0.05) is 35.9 Å². The van der Waals surface area contributed by atoms with E-state index < -0.39 is 0 Å². The van der Waals surface area contributed by atoms with Gasteiger partial charge in [-0.25, -0.2) is 0 Å². The second-order valence-corrected chi connectivity index (χ2v) is 1.65. The Morgan fingerprint density at radius 2 is 1.50 bits per heavy atom. The lowest BCUT2D eigenvalue weighted by molar-refractivity contribution is 1.11. The number of benzene rings is 1. The maximum absolute atomic E-state index is 2.08. The summed E-state index contributed by atoms with van der Waals surface area (Å²) in [5.74, 6) is 0. The Hall–Kier alpha value is -0.850. The summed E-state index contributed by atoms with van der Waals surface area (Å²) in [5, 5.41) is 0. The summed E-state index contributed by atoms with van der Waals surface area (Å²) in [7, 11) is 0. The molecule has 1 aromatic carbocycles. The van der Waals surface area contributed by atoms with Crippen molar-refractivity contribution in [2.75, 3.05) is 0 Å². The zero-order chi connectivity index (χ0) is 5.11. The van der Waals surface area contributed by atoms with Crippen LogP contribution in [0.2, 0.25) is 0 Å². The van der Waals surface area contributed by atoms with Crippen LogP contribution < -0.4 is 0 Å². The van der Waals surface area contributed by atoms with Crippen LogP contribution in [0, 0.1) is 6.92 Å². The average Bonchev–Trinajstić information content (AvgIpc) is 1.69. The Morgan fingerprint density at radius 3 is 1.75 bits per heavy atom. The van der Waals surface area contributed by atoms with Gasteiger partial charge in [-0.3, -0.25) is 4.70 Å². The highest BCUT2D eigenvalue weighted by Gasteiger charge is 1.72. The quantitative estimate of drug-likeness (QED) is 0.482. The highest BCUT2D eigenvalue weighted by Crippen LogP contribution is 1.92. The number of rotatable bonds is 0. The third kappa shape index (κ3) is 1.73. The van der Waals surface area contributed by atoms with Crippen molar-refractivity contribution in [2.45, 2.75) is 6.92 Å². The van der Waals surface area contributed by atoms with E-state index in [9.17, 15) is 0 Å². The first-order chi connectivity index (χ1) is 3.39. The number of halogens is 1. The third-order valence-corrected chi connectivity index (χ3v) is 0.940. The smallest absolute Gasteiger partial charge is 0.0398 e. The molecule has 0 aliphatic heterocycles. The van der Waals surface area contributed by atoms with Crippen LogP contribution in [0.1, 0.15) is 5.56 Å². The predicted octanol–water partition coefficient (Wildman–Crippen LogP) is 2.15. The molecule has 1 aromatic rings. The van der Waals surface area contributed by atoms with Crippen molar-refractivity contribution < 1.29 is 4.70 Å². The van der Waals surface area contributed by atoms with Gasteiger partial charge in [0.05, 0.1) is 0 Å². The van der Waals surface area contributed by atoms with E-state index in [1.807, 2.05) is 18.2 Å². The molecule has 0 N–H and O–H groups in total. The maximum Gasteiger partial charge on any atom is -0.0398 e. The van der Waals surface area contributed by atoms with Crippen molar-refractivity contribution in [3.8, 4) is 0 Å². The van der Waals surface area contributed by atoms with Crippen molar-refractivity contribution in [1.29, 1.82) is 0 Å². The highest BCUT2D eigenvalue weighted by atomic mass is 19.0. The lowest BCUT2D eigenvalue weighted by atomic mass is 10.2. The van der Waals surface area contributed by atoms with E-state index in [1.165, 1.54) is 5.56 Å². The van der Waals surface area contributed by atoms with Crippen LogP contribution >= 0.6 is 0 Å². The van der Waals surface area contributed by atoms with E-state index in [2.05, 4.69) is 19.1 Å². The average molecular weight is 112 g/mol. The fraction of sp³-hybridized carbons (Fsp3) is 0.143. The van der Waals surface area contributed by atoms with Crippen LogP contribution in [0.3, 0.4) is 0 Å². The molecular weight excluding hydrogens is 103 g/mol. The molecule has 1 heteroatoms. The lowest BCUT2D eigenvalue weighted by Crippen LogP contribution is -1.62. The molecule has 0 aliphatic rings. The third-order valence-electron chi connectivity index (χ3n) is 0.940. The topological polar surface area (TPSA) is 0 Å². The molecule has 0 atom stereocenters. The van der Waals surface area contributed by atoms with Crippen LogP contribution in [0.15, 0.2) is 30.3 Å². The molecule has 1 rings (SSSR count). The summed E-state index contributed by atoms with van der Waals surface area (Å²) in [4.78, 5) is 0. The van der Waals surface area contributed by atoms with Crippen LogP contribution in [-0.2, 0) is 0 Å². The molecule has 0 nitrogen and oxygen atoms in total. The van der Waals surface area contributed by atoms with Gasteiger partial charge >= 0.3 is 0 Å². The van der Waals surface area contributed by atoms with Gasteiger partial charge in [0.25, 0.3) is 0 Å². The van der Waals surface area contributed by atoms with E-state index >= 15 is 0 Å². The van der Waals surface area contributed by atoms with E-state index in [1.54, 1.807) is 0 Å². The van der Waals surface area contributed by atoms with Gasteiger partial charge < -0.3 is 0 Å². The molecule has 0 amide bonds. The van der Waals surface area contributed by atoms with Crippen molar-refractivity contribution in [2.24, 2.45) is 0 Å². The summed E-state index contributed by atoms with van der Waals surface area (Å²) in [6, 6.07) is 10.3. The molecule has 44 valence electrons. The van der Waals surface area contributed by atoms with E-state index in [4.69, 9.17) is 0 Å². The van der Waals surface area contributed by atoms with E-state index in [0.717, 1.165) is 0 Å². The molecule has 0 spiro atoms. The van der Waals surface area contributed by atoms with Crippen LogP contribution in [0.25, 0.3) is 0 Å². The van der Waals surface area contributed by atoms with Gasteiger partial charge in [-0.05, 0) is 6.92 Å². The molecule has 0 bridgehead atoms. The van der Waals surface area contributed by atoms with Crippen LogP contribution in [0.5, 0.6) is 0 Å². The van der Waals surface area contributed by atoms with Gasteiger partial charge in [-0.15, -0.1) is 0 Å². The molecular formula is C7H9F. The lowest BCUT2D eigenvalue weighted by Gasteiger charge is -1.82. The minimum absolute atomic E-state index is 0. The largest absolute Gasteiger partial charge is 0.269 e. The molecule has 0 unspecified atom stereocenters. The standard InChI is InChI=1S/C7H8.FH/c1-7-5-3-2-4-6-7;/h2-6H,1H3;1H. The molecule has 8 heavy (non-hydrogen) atoms. The zero-order valence-electron chi connectivity index (χ0n) is 4.79. The molecule has 0 saturated heterocycles. The van der Waals surface area contributed by atoms with Gasteiger partial charge in [0.1, 0.15) is 0 Å². The summed E-state index contributed by atoms with van der Waals surface area (Å²) < 4.78 is 0. The molecule has 0 fully saturated rings. The Balaban J connectivity index is 0.000000490. The van der Waals surface area contributed by atoms with Gasteiger partial charge in [0.2, 0.25) is 0 Å². The molecule has 0 aliphatic carbocycles. The number of aryl methyl sites for hydroxylation is 1. The molecule has 0 saturated carbocycles. The summed E-state index contributed by atoms with van der Waals surface area (Å²) in [6.07, 6.45) is 0. The second kappa shape index (κ2) is 3.19. The first-order valence-corrected chi connectivity index (χ1v) is 2.41. The second-order valence-electron chi connectivity index (χ2n) is 1.65. The Morgan fingerprint density at radius 1 is 1.00 bits per heavy atom. The van der Waals surface area contributed by atoms with Crippen LogP contribution in [0.4, 0.5) is 4.70 Å². The van der Waals surface area contributed by atoms with Gasteiger partial charge in [0, 0.05) is 0 Å². The predicted molar refractivity (Wildman–Crippen MR) is 33.7 cm³/mol. The van der Waals surface area contributed by atoms with Crippen LogP contribution in [-0.4, -0.2) is 0 Å². The van der Waals surface area contributed by atoms with E-state index in [-0.39, 0.29) is 4.70 Å². The first kappa shape index (κ1) is 7.15. The summed E-state index contributed by atoms with van der Waals surface area (Å²) in [6.45, 7) is 2.08. The fourth-order valence-corrected chi connectivity index (χ4v) is 0.534. The highest BCUT2D eigenvalue weighted by molar-refractivity contribution is 5.11. The zero-order valence-corrected chi connectivity index (χ0v) is 4.79. The fourth-order valence-electron chi connectivity index (χ4n) is 0.534. The van der Waals surface area contributed by atoms with Crippen molar-refractivity contribution in [1.82, 2.24) is 0 Å². The summed E-state index contributed by atoms with van der Waals surface area (Å²) >= 11 is 0. The minimum atomic E-state index is 0. The maximum atomic E-state index is 2.08. The monoisotopic (exact) mass is 112 g/mol. The van der Waals surface area contributed by atoms with Gasteiger partial charge in [0.15, 0.2) is 0 Å². The van der Waals surface area contributed by atoms with Crippen molar-refractivity contribution in [3.05, 3.63) is 35.9 Å². The van der Waals surface area contributed by atoms with Crippen molar-refractivity contribution >= 4 is 0 Å². The van der Waals surface area contributed by atoms with Crippen molar-refractivity contribution in [3.63, 3.8) is 0 Å². The Labute approximate surface area is 48.5 Å². The first-order valence-electron chi connectivity index (χ1n) is 2.41. The number of hydrogen-bond acceptors (Lipinski definition) is 0. The Bertz CT molecular complexity index is 134. The Kier molecular flexibility index (Phi) is 2.85. The number of hydrogen-bond donors (Lipinski definition) is 0. The molecule has 0 aromatic heterocycles. The summed E-state index contributed by atoms with van der Waals surface area (Å²) in [5.41, 5.74) is 1.32. The minimum Gasteiger partial charge on any atom is -0.269 e. The van der Waals surface area contributed by atoms with E-state index in [0.29, 0.717) is 0 Å². The molecule has 0 radical (unpaired) electrons. The normalized spacial score (nSPS) is 7.62.